The van der Waals surface area contributed by atoms with E-state index in [0.29, 0.717) is 19.3 Å². The molecule has 2 bridgehead atoms. The molecule has 0 saturated heterocycles. The Morgan fingerprint density at radius 2 is 2.04 bits per heavy atom. The number of aliphatic hydroxyl groups is 2. The number of ketones is 1. The summed E-state index contributed by atoms with van der Waals surface area (Å²) in [6, 6.07) is 0. The second-order valence-corrected chi connectivity index (χ2v) is 9.80. The minimum atomic E-state index is -0.684. The van der Waals surface area contributed by atoms with Crippen LogP contribution in [0.1, 0.15) is 66.2 Å². The Morgan fingerprint density at radius 3 is 2.61 bits per heavy atom. The van der Waals surface area contributed by atoms with E-state index in [-0.39, 0.29) is 29.0 Å². The molecular weight excluding hydrogens is 356 g/mol. The molecule has 5 nitrogen and oxygen atoms in total. The van der Waals surface area contributed by atoms with Gasteiger partial charge in [0.25, 0.3) is 0 Å². The summed E-state index contributed by atoms with van der Waals surface area (Å²) in [6.07, 6.45) is 4.89. The average molecular weight is 393 g/mol. The quantitative estimate of drug-likeness (QED) is 0.567. The van der Waals surface area contributed by atoms with Crippen molar-refractivity contribution in [3.8, 4) is 0 Å². The Hall–Kier alpha value is -1.20. The van der Waals surface area contributed by atoms with Gasteiger partial charge < -0.3 is 14.9 Å². The van der Waals surface area contributed by atoms with E-state index in [2.05, 4.69) is 27.4 Å². The highest BCUT2D eigenvalue weighted by Gasteiger charge is 2.68. The first-order chi connectivity index (χ1) is 13.1. The zero-order valence-corrected chi connectivity index (χ0v) is 17.7. The smallest absolute Gasteiger partial charge is 0.332 e. The van der Waals surface area contributed by atoms with E-state index in [1.165, 1.54) is 0 Å². The predicted molar refractivity (Wildman–Crippen MR) is 106 cm³/mol. The molecule has 3 saturated carbocycles. The van der Waals surface area contributed by atoms with Crippen LogP contribution in [0, 0.1) is 34.0 Å². The average Bonchev–Trinajstić information content (AvgIpc) is 3.04. The highest BCUT2D eigenvalue weighted by molar-refractivity contribution is 5.85. The van der Waals surface area contributed by atoms with Crippen molar-refractivity contribution in [2.75, 3.05) is 6.61 Å². The fourth-order valence-corrected chi connectivity index (χ4v) is 7.07. The van der Waals surface area contributed by atoms with E-state index in [1.54, 1.807) is 0 Å². The molecule has 8 atom stereocenters. The molecule has 0 amide bonds. The van der Waals surface area contributed by atoms with E-state index in [0.717, 1.165) is 19.3 Å². The minimum absolute atomic E-state index is 0.0387. The molecule has 1 unspecified atom stereocenters. The highest BCUT2D eigenvalue weighted by Crippen LogP contribution is 2.68. The van der Waals surface area contributed by atoms with Gasteiger partial charge in [-0.25, -0.2) is 4.79 Å². The van der Waals surface area contributed by atoms with E-state index in [1.807, 2.05) is 13.0 Å². The Bertz CT molecular complexity index is 659. The second kappa shape index (κ2) is 7.24. The molecule has 0 aromatic heterocycles. The summed E-state index contributed by atoms with van der Waals surface area (Å²) in [4.78, 5) is 25.3. The summed E-state index contributed by atoms with van der Waals surface area (Å²) in [5, 5.41) is 20.9. The standard InChI is InChI=1S/C23H36O5/c1-6-22(7-2)12-17(28-18(26)13-24)21(5)14(3)8-10-23(15(4)20(22)27)11-9-16(25)19(21)23/h6,14-15,17,19-20,24,27H,1,7-13H2,2-5H3/t14-,15+,17-,19?,20+,21+,22+,23+/m1/s1. The SMILES string of the molecule is C=C[C@]1(CC)C[C@@H](OC(=O)CO)[C@@]2(C)C3C(=O)CC[C@@]3(CC[C@H]2C)[C@@H](C)[C@@H]1O. The maximum atomic E-state index is 13.2. The number of esters is 1. The molecule has 3 aliphatic carbocycles. The van der Waals surface area contributed by atoms with Gasteiger partial charge in [-0.3, -0.25) is 4.79 Å². The monoisotopic (exact) mass is 392 g/mol. The lowest BCUT2D eigenvalue weighted by Gasteiger charge is -2.62. The molecule has 0 heterocycles. The van der Waals surface area contributed by atoms with Gasteiger partial charge in [-0.05, 0) is 49.4 Å². The van der Waals surface area contributed by atoms with Crippen LogP contribution in [0.4, 0.5) is 0 Å². The number of hydrogen-bond acceptors (Lipinski definition) is 5. The fraction of sp³-hybridized carbons (Fsp3) is 0.826. The molecule has 3 aliphatic rings. The van der Waals surface area contributed by atoms with Gasteiger partial charge in [-0.15, -0.1) is 6.58 Å². The largest absolute Gasteiger partial charge is 0.460 e. The predicted octanol–water partition coefficient (Wildman–Crippen LogP) is 3.28. The van der Waals surface area contributed by atoms with Crippen LogP contribution in [0.15, 0.2) is 12.7 Å². The van der Waals surface area contributed by atoms with Crippen molar-refractivity contribution < 1.29 is 24.5 Å². The van der Waals surface area contributed by atoms with Gasteiger partial charge in [0.1, 0.15) is 18.5 Å². The third-order valence-corrected chi connectivity index (χ3v) is 9.16. The van der Waals surface area contributed by atoms with Gasteiger partial charge in [-0.1, -0.05) is 33.8 Å². The van der Waals surface area contributed by atoms with Crippen LogP contribution in [0.5, 0.6) is 0 Å². The molecule has 0 aromatic carbocycles. The fourth-order valence-electron chi connectivity index (χ4n) is 7.07. The molecule has 0 aromatic rings. The van der Waals surface area contributed by atoms with Crippen LogP contribution < -0.4 is 0 Å². The summed E-state index contributed by atoms with van der Waals surface area (Å²) in [5.41, 5.74) is -1.39. The van der Waals surface area contributed by atoms with Gasteiger partial charge in [0.2, 0.25) is 0 Å². The number of carbonyl (C=O) groups excluding carboxylic acids is 2. The van der Waals surface area contributed by atoms with E-state index >= 15 is 0 Å². The molecule has 3 rings (SSSR count). The Labute approximate surface area is 168 Å². The van der Waals surface area contributed by atoms with E-state index in [4.69, 9.17) is 4.74 Å². The van der Waals surface area contributed by atoms with Crippen molar-refractivity contribution in [1.82, 2.24) is 0 Å². The van der Waals surface area contributed by atoms with Gasteiger partial charge in [0, 0.05) is 23.2 Å². The van der Waals surface area contributed by atoms with Crippen molar-refractivity contribution in [1.29, 1.82) is 0 Å². The summed E-state index contributed by atoms with van der Waals surface area (Å²) in [5.74, 6) is -0.503. The second-order valence-electron chi connectivity index (χ2n) is 9.80. The van der Waals surface area contributed by atoms with Crippen LogP contribution in [-0.2, 0) is 14.3 Å². The van der Waals surface area contributed by atoms with Gasteiger partial charge in [0.05, 0.1) is 6.10 Å². The third-order valence-electron chi connectivity index (χ3n) is 9.16. The van der Waals surface area contributed by atoms with Crippen LogP contribution >= 0.6 is 0 Å². The number of rotatable bonds is 4. The van der Waals surface area contributed by atoms with E-state index in [9.17, 15) is 19.8 Å². The lowest BCUT2D eigenvalue weighted by atomic mass is 9.43. The topological polar surface area (TPSA) is 83.8 Å². The molecule has 5 heteroatoms. The lowest BCUT2D eigenvalue weighted by Crippen LogP contribution is -2.63. The highest BCUT2D eigenvalue weighted by atomic mass is 16.6. The Morgan fingerprint density at radius 1 is 1.36 bits per heavy atom. The Balaban J connectivity index is 2.23. The molecule has 2 N–H and O–H groups in total. The molecule has 3 fully saturated rings. The zero-order chi connectivity index (χ0) is 20.9. The van der Waals surface area contributed by atoms with Crippen molar-refractivity contribution in [2.24, 2.45) is 34.0 Å². The number of carbonyl (C=O) groups is 2. The van der Waals surface area contributed by atoms with Gasteiger partial charge in [0.15, 0.2) is 0 Å². The number of aliphatic hydroxyl groups excluding tert-OH is 2. The third kappa shape index (κ3) is 2.72. The maximum Gasteiger partial charge on any atom is 0.332 e. The summed E-state index contributed by atoms with van der Waals surface area (Å²) >= 11 is 0. The Kier molecular flexibility index (Phi) is 5.56. The normalized spacial score (nSPS) is 48.4. The molecule has 0 spiro atoms. The lowest BCUT2D eigenvalue weighted by molar-refractivity contribution is -0.209. The van der Waals surface area contributed by atoms with E-state index < -0.39 is 35.6 Å². The van der Waals surface area contributed by atoms with Crippen LogP contribution in [0.3, 0.4) is 0 Å². The van der Waals surface area contributed by atoms with Crippen LogP contribution in [0.2, 0.25) is 0 Å². The van der Waals surface area contributed by atoms with Crippen molar-refractivity contribution in [3.05, 3.63) is 12.7 Å². The minimum Gasteiger partial charge on any atom is -0.460 e. The number of Topliss-reactive ketones (excluding diaryl/α,β-unsaturated/α-hetero) is 1. The molecule has 0 aliphatic heterocycles. The molecule has 158 valence electrons. The van der Waals surface area contributed by atoms with Crippen LogP contribution in [0.25, 0.3) is 0 Å². The first-order valence-corrected chi connectivity index (χ1v) is 10.8. The molecular formula is C23H36O5. The van der Waals surface area contributed by atoms with Crippen molar-refractivity contribution >= 4 is 11.8 Å². The zero-order valence-electron chi connectivity index (χ0n) is 17.7. The number of hydrogen-bond donors (Lipinski definition) is 2. The number of ether oxygens (including phenoxy) is 1. The molecule has 0 radical (unpaired) electrons. The first kappa shape index (κ1) is 21.5. The summed E-state index contributed by atoms with van der Waals surface area (Å²) in [6.45, 7) is 11.7. The first-order valence-electron chi connectivity index (χ1n) is 10.8. The van der Waals surface area contributed by atoms with Crippen molar-refractivity contribution in [3.63, 3.8) is 0 Å². The van der Waals surface area contributed by atoms with Gasteiger partial charge >= 0.3 is 5.97 Å². The summed E-state index contributed by atoms with van der Waals surface area (Å²) in [7, 11) is 0. The molecule has 28 heavy (non-hydrogen) atoms. The van der Waals surface area contributed by atoms with Gasteiger partial charge in [-0.2, -0.15) is 0 Å². The van der Waals surface area contributed by atoms with Crippen LogP contribution in [-0.4, -0.2) is 40.8 Å². The maximum absolute atomic E-state index is 13.2. The summed E-state index contributed by atoms with van der Waals surface area (Å²) < 4.78 is 5.83. The van der Waals surface area contributed by atoms with Crippen molar-refractivity contribution in [2.45, 2.75) is 78.4 Å².